The largest absolute Gasteiger partial charge is 0.334 e. The summed E-state index contributed by atoms with van der Waals surface area (Å²) in [6, 6.07) is 8.01. The Kier molecular flexibility index (Phi) is 4.88. The van der Waals surface area contributed by atoms with Gasteiger partial charge < -0.3 is 10.6 Å². The van der Waals surface area contributed by atoms with Crippen LogP contribution in [0.5, 0.6) is 0 Å². The standard InChI is InChI=1S/C15H22N2OS/c1-11-7-8-17(12(9-11)10-16)15(18)13-5-3-4-6-14(13)19-2/h3-6,11-12H,7-10,16H2,1-2H3. The Morgan fingerprint density at radius 3 is 2.89 bits per heavy atom. The molecule has 1 aliphatic rings. The average molecular weight is 278 g/mol. The molecule has 0 spiro atoms. The van der Waals surface area contributed by atoms with Crippen LogP contribution in [-0.2, 0) is 0 Å². The Morgan fingerprint density at radius 1 is 1.47 bits per heavy atom. The van der Waals surface area contributed by atoms with Crippen LogP contribution in [0.1, 0.15) is 30.1 Å². The van der Waals surface area contributed by atoms with E-state index in [-0.39, 0.29) is 11.9 Å². The van der Waals surface area contributed by atoms with Crippen molar-refractivity contribution in [2.45, 2.75) is 30.7 Å². The number of thioether (sulfide) groups is 1. The van der Waals surface area contributed by atoms with Crippen molar-refractivity contribution in [2.75, 3.05) is 19.3 Å². The van der Waals surface area contributed by atoms with Crippen LogP contribution in [0, 0.1) is 5.92 Å². The number of amides is 1. The summed E-state index contributed by atoms with van der Waals surface area (Å²) in [5.74, 6) is 0.792. The molecule has 0 saturated carbocycles. The highest BCUT2D eigenvalue weighted by atomic mass is 32.2. The third kappa shape index (κ3) is 3.12. The van der Waals surface area contributed by atoms with Crippen molar-refractivity contribution >= 4 is 17.7 Å². The Hall–Kier alpha value is -1.00. The van der Waals surface area contributed by atoms with Crippen LogP contribution < -0.4 is 5.73 Å². The van der Waals surface area contributed by atoms with E-state index in [2.05, 4.69) is 6.92 Å². The lowest BCUT2D eigenvalue weighted by atomic mass is 9.92. The van der Waals surface area contributed by atoms with Gasteiger partial charge in [0.2, 0.25) is 0 Å². The van der Waals surface area contributed by atoms with Crippen LogP contribution in [0.4, 0.5) is 0 Å². The summed E-state index contributed by atoms with van der Waals surface area (Å²) in [6.07, 6.45) is 4.10. The second-order valence-electron chi connectivity index (χ2n) is 5.22. The number of hydrogen-bond acceptors (Lipinski definition) is 3. The number of nitrogens with zero attached hydrogens (tertiary/aromatic N) is 1. The lowest BCUT2D eigenvalue weighted by Crippen LogP contribution is -2.49. The van der Waals surface area contributed by atoms with Crippen LogP contribution in [-0.4, -0.2) is 36.2 Å². The number of hydrogen-bond donors (Lipinski definition) is 1. The third-order valence-electron chi connectivity index (χ3n) is 3.85. The molecule has 1 heterocycles. The van der Waals surface area contributed by atoms with Gasteiger partial charge in [0.25, 0.3) is 5.91 Å². The summed E-state index contributed by atoms with van der Waals surface area (Å²) in [7, 11) is 0. The second-order valence-corrected chi connectivity index (χ2v) is 6.07. The zero-order chi connectivity index (χ0) is 13.8. The van der Waals surface area contributed by atoms with Gasteiger partial charge in [0, 0.05) is 24.0 Å². The fraction of sp³-hybridized carbons (Fsp3) is 0.533. The predicted molar refractivity (Wildman–Crippen MR) is 80.5 cm³/mol. The van der Waals surface area contributed by atoms with Crippen LogP contribution in [0.3, 0.4) is 0 Å². The Morgan fingerprint density at radius 2 is 2.21 bits per heavy atom. The molecule has 1 saturated heterocycles. The monoisotopic (exact) mass is 278 g/mol. The highest BCUT2D eigenvalue weighted by Crippen LogP contribution is 2.27. The van der Waals surface area contributed by atoms with E-state index in [0.717, 1.165) is 29.8 Å². The number of piperidine rings is 1. The number of carbonyl (C=O) groups is 1. The van der Waals surface area contributed by atoms with E-state index in [4.69, 9.17) is 5.73 Å². The number of carbonyl (C=O) groups excluding carboxylic acids is 1. The zero-order valence-electron chi connectivity index (χ0n) is 11.6. The van der Waals surface area contributed by atoms with Crippen LogP contribution >= 0.6 is 11.8 Å². The first-order chi connectivity index (χ1) is 9.17. The summed E-state index contributed by atoms with van der Waals surface area (Å²) in [5, 5.41) is 0. The molecule has 19 heavy (non-hydrogen) atoms. The minimum atomic E-state index is 0.132. The normalized spacial score (nSPS) is 23.4. The minimum Gasteiger partial charge on any atom is -0.334 e. The van der Waals surface area contributed by atoms with Crippen molar-refractivity contribution < 1.29 is 4.79 Å². The van der Waals surface area contributed by atoms with E-state index in [1.165, 1.54) is 0 Å². The summed E-state index contributed by atoms with van der Waals surface area (Å²) in [5.41, 5.74) is 6.65. The van der Waals surface area contributed by atoms with Gasteiger partial charge in [0.15, 0.2) is 0 Å². The molecular weight excluding hydrogens is 256 g/mol. The molecule has 2 rings (SSSR count). The number of rotatable bonds is 3. The summed E-state index contributed by atoms with van der Waals surface area (Å²) in [4.78, 5) is 15.7. The molecule has 3 nitrogen and oxygen atoms in total. The Bertz CT molecular complexity index is 450. The first-order valence-corrected chi connectivity index (χ1v) is 8.04. The molecular formula is C15H22N2OS. The smallest absolute Gasteiger partial charge is 0.255 e. The van der Waals surface area contributed by atoms with E-state index in [9.17, 15) is 4.79 Å². The summed E-state index contributed by atoms with van der Waals surface area (Å²) >= 11 is 1.62. The van der Waals surface area contributed by atoms with Gasteiger partial charge in [0.05, 0.1) is 5.56 Å². The first-order valence-electron chi connectivity index (χ1n) is 6.81. The molecule has 1 aliphatic heterocycles. The molecule has 0 aliphatic carbocycles. The van der Waals surface area contributed by atoms with E-state index >= 15 is 0 Å². The van der Waals surface area contributed by atoms with Gasteiger partial charge >= 0.3 is 0 Å². The maximum atomic E-state index is 12.7. The van der Waals surface area contributed by atoms with Crippen molar-refractivity contribution in [1.82, 2.24) is 4.90 Å². The molecule has 1 aromatic carbocycles. The summed E-state index contributed by atoms with van der Waals surface area (Å²) < 4.78 is 0. The maximum Gasteiger partial charge on any atom is 0.255 e. The van der Waals surface area contributed by atoms with Crippen molar-refractivity contribution in [3.63, 3.8) is 0 Å². The quantitative estimate of drug-likeness (QED) is 0.865. The SMILES string of the molecule is CSc1ccccc1C(=O)N1CCC(C)CC1CN. The molecule has 1 fully saturated rings. The van der Waals surface area contributed by atoms with Crippen molar-refractivity contribution in [2.24, 2.45) is 11.7 Å². The van der Waals surface area contributed by atoms with Crippen LogP contribution in [0.25, 0.3) is 0 Å². The number of likely N-dealkylation sites (tertiary alicyclic amines) is 1. The van der Waals surface area contributed by atoms with Gasteiger partial charge in [-0.3, -0.25) is 4.79 Å². The molecule has 0 radical (unpaired) electrons. The Balaban J connectivity index is 2.22. The van der Waals surface area contributed by atoms with E-state index in [1.807, 2.05) is 35.4 Å². The van der Waals surface area contributed by atoms with Crippen molar-refractivity contribution in [3.05, 3.63) is 29.8 Å². The van der Waals surface area contributed by atoms with E-state index < -0.39 is 0 Å². The minimum absolute atomic E-state index is 0.132. The predicted octanol–water partition coefficient (Wildman–Crippen LogP) is 2.61. The number of benzene rings is 1. The van der Waals surface area contributed by atoms with Crippen LogP contribution in [0.2, 0.25) is 0 Å². The molecule has 2 atom stereocenters. The lowest BCUT2D eigenvalue weighted by molar-refractivity contribution is 0.0570. The highest BCUT2D eigenvalue weighted by Gasteiger charge is 2.30. The number of nitrogens with two attached hydrogens (primary N) is 1. The first kappa shape index (κ1) is 14.4. The van der Waals surface area contributed by atoms with Gasteiger partial charge in [-0.15, -0.1) is 11.8 Å². The molecule has 1 aromatic rings. The lowest BCUT2D eigenvalue weighted by Gasteiger charge is -2.38. The second kappa shape index (κ2) is 6.44. The van der Waals surface area contributed by atoms with Gasteiger partial charge in [-0.2, -0.15) is 0 Å². The fourth-order valence-electron chi connectivity index (χ4n) is 2.72. The Labute approximate surface area is 119 Å². The molecule has 4 heteroatoms. The maximum absolute atomic E-state index is 12.7. The summed E-state index contributed by atoms with van der Waals surface area (Å²) in [6.45, 7) is 3.61. The van der Waals surface area contributed by atoms with Gasteiger partial charge in [0.1, 0.15) is 0 Å². The molecule has 2 N–H and O–H groups in total. The van der Waals surface area contributed by atoms with Crippen LogP contribution in [0.15, 0.2) is 29.2 Å². The fourth-order valence-corrected chi connectivity index (χ4v) is 3.31. The van der Waals surface area contributed by atoms with Crippen molar-refractivity contribution in [1.29, 1.82) is 0 Å². The highest BCUT2D eigenvalue weighted by molar-refractivity contribution is 7.98. The van der Waals surface area contributed by atoms with Gasteiger partial charge in [-0.25, -0.2) is 0 Å². The molecule has 0 bridgehead atoms. The van der Waals surface area contributed by atoms with E-state index in [1.54, 1.807) is 11.8 Å². The average Bonchev–Trinajstić information content (AvgIpc) is 2.46. The third-order valence-corrected chi connectivity index (χ3v) is 4.64. The van der Waals surface area contributed by atoms with Crippen molar-refractivity contribution in [3.8, 4) is 0 Å². The molecule has 104 valence electrons. The molecule has 2 unspecified atom stereocenters. The molecule has 0 aromatic heterocycles. The molecule has 1 amide bonds. The van der Waals surface area contributed by atoms with Gasteiger partial charge in [-0.05, 0) is 37.1 Å². The topological polar surface area (TPSA) is 46.3 Å². The van der Waals surface area contributed by atoms with Gasteiger partial charge in [-0.1, -0.05) is 19.1 Å². The van der Waals surface area contributed by atoms with E-state index in [0.29, 0.717) is 12.5 Å². The zero-order valence-corrected chi connectivity index (χ0v) is 12.5.